The topological polar surface area (TPSA) is 72.2 Å². The minimum Gasteiger partial charge on any atom is -0.399 e. The van der Waals surface area contributed by atoms with E-state index in [-0.39, 0.29) is 11.8 Å². The first-order valence-corrected chi connectivity index (χ1v) is 7.69. The van der Waals surface area contributed by atoms with Gasteiger partial charge in [0.05, 0.1) is 21.5 Å². The summed E-state index contributed by atoms with van der Waals surface area (Å²) in [4.78, 5) is 0. The van der Waals surface area contributed by atoms with Crippen molar-refractivity contribution in [1.82, 2.24) is 0 Å². The first-order chi connectivity index (χ1) is 7.69. The van der Waals surface area contributed by atoms with Crippen molar-refractivity contribution in [2.75, 3.05) is 23.1 Å². The van der Waals surface area contributed by atoms with Crippen LogP contribution < -0.4 is 11.1 Å². The van der Waals surface area contributed by atoms with Crippen LogP contribution in [0.4, 0.5) is 11.4 Å². The summed E-state index contributed by atoms with van der Waals surface area (Å²) in [5.74, 6) is 0.00400. The molecule has 1 aromatic carbocycles. The van der Waals surface area contributed by atoms with Gasteiger partial charge in [0.15, 0.2) is 0 Å². The molecule has 0 saturated carbocycles. The summed E-state index contributed by atoms with van der Waals surface area (Å²) in [6.07, 6.45) is 1.18. The van der Waals surface area contributed by atoms with Gasteiger partial charge in [0.2, 0.25) is 0 Å². The van der Waals surface area contributed by atoms with Crippen molar-refractivity contribution in [1.29, 1.82) is 0 Å². The van der Waals surface area contributed by atoms with E-state index in [1.54, 1.807) is 19.1 Å². The van der Waals surface area contributed by atoms with Gasteiger partial charge < -0.3 is 11.1 Å². The van der Waals surface area contributed by atoms with Gasteiger partial charge in [0.25, 0.3) is 0 Å². The molecule has 0 bridgehead atoms. The molecule has 0 aliphatic heterocycles. The smallest absolute Gasteiger partial charge is 0.149 e. The van der Waals surface area contributed by atoms with Crippen LogP contribution in [0.2, 0.25) is 10.0 Å². The van der Waals surface area contributed by atoms with E-state index in [1.807, 2.05) is 0 Å². The van der Waals surface area contributed by atoms with E-state index >= 15 is 0 Å². The Bertz CT molecular complexity index is 494. The van der Waals surface area contributed by atoms with Gasteiger partial charge in [-0.05, 0) is 19.1 Å². The molecule has 0 heterocycles. The molecule has 0 fully saturated rings. The van der Waals surface area contributed by atoms with Crippen LogP contribution in [0.1, 0.15) is 6.92 Å². The maximum Gasteiger partial charge on any atom is 0.149 e. The van der Waals surface area contributed by atoms with Gasteiger partial charge >= 0.3 is 0 Å². The molecule has 96 valence electrons. The second-order valence-corrected chi connectivity index (χ2v) is 7.00. The first-order valence-electron chi connectivity index (χ1n) is 4.88. The Labute approximate surface area is 111 Å². The molecule has 7 heteroatoms. The maximum atomic E-state index is 11.1. The minimum atomic E-state index is -3.05. The number of nitrogen functional groups attached to an aromatic ring is 1. The van der Waals surface area contributed by atoms with Crippen molar-refractivity contribution < 1.29 is 8.42 Å². The normalized spacial score (nSPS) is 13.4. The van der Waals surface area contributed by atoms with E-state index in [0.717, 1.165) is 0 Å². The SMILES string of the molecule is CC(CS(C)(=O)=O)Nc1c(Cl)cc(N)cc1Cl. The summed E-state index contributed by atoms with van der Waals surface area (Å²) in [7, 11) is -3.05. The summed E-state index contributed by atoms with van der Waals surface area (Å²) in [5.41, 5.74) is 6.53. The third-order valence-corrected chi connectivity index (χ3v) is 3.71. The number of rotatable bonds is 4. The lowest BCUT2D eigenvalue weighted by atomic mass is 10.2. The van der Waals surface area contributed by atoms with Gasteiger partial charge in [-0.1, -0.05) is 23.2 Å². The molecule has 0 aromatic heterocycles. The number of anilines is 2. The highest BCUT2D eigenvalue weighted by molar-refractivity contribution is 7.90. The molecule has 1 unspecified atom stereocenters. The summed E-state index contributed by atoms with van der Waals surface area (Å²) < 4.78 is 22.3. The van der Waals surface area contributed by atoms with Crippen LogP contribution in [-0.4, -0.2) is 26.5 Å². The molecule has 3 N–H and O–H groups in total. The predicted octanol–water partition coefficient (Wildman–Crippen LogP) is 2.42. The Balaban J connectivity index is 2.89. The van der Waals surface area contributed by atoms with Gasteiger partial charge in [0, 0.05) is 18.0 Å². The number of hydrogen-bond donors (Lipinski definition) is 2. The molecule has 1 aromatic rings. The molecule has 0 radical (unpaired) electrons. The van der Waals surface area contributed by atoms with Gasteiger partial charge in [0.1, 0.15) is 9.84 Å². The van der Waals surface area contributed by atoms with Crippen molar-refractivity contribution in [2.45, 2.75) is 13.0 Å². The Morgan fingerprint density at radius 2 is 1.82 bits per heavy atom. The highest BCUT2D eigenvalue weighted by Crippen LogP contribution is 2.33. The average Bonchev–Trinajstić information content (AvgIpc) is 2.08. The Hall–Kier alpha value is -0.650. The van der Waals surface area contributed by atoms with Gasteiger partial charge in [-0.15, -0.1) is 0 Å². The number of sulfone groups is 1. The standard InChI is InChI=1S/C10H14Cl2N2O2S/c1-6(5-17(2,15)16)14-10-8(11)3-7(13)4-9(10)12/h3-4,6,14H,5,13H2,1-2H3. The molecule has 1 atom stereocenters. The second kappa shape index (κ2) is 5.33. The van der Waals surface area contributed by atoms with Crippen LogP contribution in [0.3, 0.4) is 0 Å². The van der Waals surface area contributed by atoms with E-state index in [9.17, 15) is 8.42 Å². The van der Waals surface area contributed by atoms with Crippen LogP contribution in [0.5, 0.6) is 0 Å². The average molecular weight is 297 g/mol. The summed E-state index contributed by atoms with van der Waals surface area (Å²) >= 11 is 11.9. The Morgan fingerprint density at radius 1 is 1.35 bits per heavy atom. The molecule has 0 aliphatic rings. The lowest BCUT2D eigenvalue weighted by molar-refractivity contribution is 0.598. The van der Waals surface area contributed by atoms with E-state index in [2.05, 4.69) is 5.32 Å². The van der Waals surface area contributed by atoms with Gasteiger partial charge in [-0.2, -0.15) is 0 Å². The summed E-state index contributed by atoms with van der Waals surface area (Å²) in [6, 6.07) is 2.83. The zero-order valence-electron chi connectivity index (χ0n) is 9.50. The van der Waals surface area contributed by atoms with E-state index in [4.69, 9.17) is 28.9 Å². The van der Waals surface area contributed by atoms with Crippen LogP contribution >= 0.6 is 23.2 Å². The van der Waals surface area contributed by atoms with Crippen molar-refractivity contribution in [3.8, 4) is 0 Å². The van der Waals surface area contributed by atoms with Gasteiger partial charge in [-0.3, -0.25) is 0 Å². The molecule has 0 aliphatic carbocycles. The fraction of sp³-hybridized carbons (Fsp3) is 0.400. The van der Waals surface area contributed by atoms with Crippen LogP contribution in [0, 0.1) is 0 Å². The molecular weight excluding hydrogens is 283 g/mol. The highest BCUT2D eigenvalue weighted by atomic mass is 35.5. The number of halogens is 2. The minimum absolute atomic E-state index is 0.00400. The first kappa shape index (κ1) is 14.4. The van der Waals surface area contributed by atoms with Crippen molar-refractivity contribution in [3.05, 3.63) is 22.2 Å². The number of nitrogens with one attached hydrogen (secondary N) is 1. The zero-order valence-corrected chi connectivity index (χ0v) is 11.8. The van der Waals surface area contributed by atoms with Gasteiger partial charge in [-0.25, -0.2) is 8.42 Å². The Kier molecular flexibility index (Phi) is 4.52. The maximum absolute atomic E-state index is 11.1. The van der Waals surface area contributed by atoms with E-state index in [1.165, 1.54) is 6.26 Å². The molecule has 4 nitrogen and oxygen atoms in total. The van der Waals surface area contributed by atoms with E-state index in [0.29, 0.717) is 21.4 Å². The third kappa shape index (κ3) is 4.61. The fourth-order valence-electron chi connectivity index (χ4n) is 1.47. The van der Waals surface area contributed by atoms with Crippen molar-refractivity contribution in [3.63, 3.8) is 0 Å². The molecule has 0 saturated heterocycles. The largest absolute Gasteiger partial charge is 0.399 e. The molecule has 0 spiro atoms. The summed E-state index contributed by atoms with van der Waals surface area (Å²) in [5, 5.41) is 3.70. The van der Waals surface area contributed by atoms with E-state index < -0.39 is 9.84 Å². The quantitative estimate of drug-likeness (QED) is 0.837. The molecule has 0 amide bonds. The van der Waals surface area contributed by atoms with Crippen LogP contribution in [-0.2, 0) is 9.84 Å². The van der Waals surface area contributed by atoms with Crippen molar-refractivity contribution in [2.24, 2.45) is 0 Å². The number of benzene rings is 1. The number of nitrogens with two attached hydrogens (primary N) is 1. The second-order valence-electron chi connectivity index (χ2n) is 4.00. The molecule has 1 rings (SSSR count). The highest BCUT2D eigenvalue weighted by Gasteiger charge is 2.14. The Morgan fingerprint density at radius 3 is 2.24 bits per heavy atom. The van der Waals surface area contributed by atoms with Crippen LogP contribution in [0.25, 0.3) is 0 Å². The molecule has 17 heavy (non-hydrogen) atoms. The van der Waals surface area contributed by atoms with Crippen molar-refractivity contribution >= 4 is 44.4 Å². The number of hydrogen-bond acceptors (Lipinski definition) is 4. The lowest BCUT2D eigenvalue weighted by Gasteiger charge is -2.17. The molecular formula is C10H14Cl2N2O2S. The fourth-order valence-corrected chi connectivity index (χ4v) is 3.08. The predicted molar refractivity (Wildman–Crippen MR) is 73.7 cm³/mol. The monoisotopic (exact) mass is 296 g/mol. The zero-order chi connectivity index (χ0) is 13.2. The third-order valence-electron chi connectivity index (χ3n) is 2.01. The summed E-state index contributed by atoms with van der Waals surface area (Å²) in [6.45, 7) is 1.74. The van der Waals surface area contributed by atoms with Crippen LogP contribution in [0.15, 0.2) is 12.1 Å². The lowest BCUT2D eigenvalue weighted by Crippen LogP contribution is -2.25.